The zero-order valence-corrected chi connectivity index (χ0v) is 11.1. The molecule has 0 bridgehead atoms. The van der Waals surface area contributed by atoms with E-state index in [0.717, 1.165) is 31.3 Å². The summed E-state index contributed by atoms with van der Waals surface area (Å²) in [6.45, 7) is 1.78. The molecule has 0 aliphatic carbocycles. The number of para-hydroxylation sites is 1. The summed E-state index contributed by atoms with van der Waals surface area (Å²) in [5.41, 5.74) is 0.873. The minimum absolute atomic E-state index is 0.134. The van der Waals surface area contributed by atoms with Gasteiger partial charge in [-0.2, -0.15) is 0 Å². The Kier molecular flexibility index (Phi) is 3.52. The van der Waals surface area contributed by atoms with E-state index in [9.17, 15) is 9.59 Å². The number of amides is 1. The van der Waals surface area contributed by atoms with Gasteiger partial charge < -0.3 is 15.6 Å². The van der Waals surface area contributed by atoms with E-state index < -0.39 is 0 Å². The molecule has 0 saturated carbocycles. The third kappa shape index (κ3) is 2.58. The van der Waals surface area contributed by atoms with Crippen molar-refractivity contribution in [3.05, 3.63) is 46.2 Å². The number of pyridine rings is 1. The van der Waals surface area contributed by atoms with Crippen LogP contribution in [0.25, 0.3) is 10.9 Å². The van der Waals surface area contributed by atoms with Crippen molar-refractivity contribution in [1.82, 2.24) is 15.6 Å². The molecule has 5 nitrogen and oxygen atoms in total. The Morgan fingerprint density at radius 2 is 2.15 bits per heavy atom. The summed E-state index contributed by atoms with van der Waals surface area (Å²) in [7, 11) is 0. The average molecular weight is 271 g/mol. The van der Waals surface area contributed by atoms with Gasteiger partial charge in [0.2, 0.25) is 5.56 Å². The van der Waals surface area contributed by atoms with Crippen LogP contribution in [0.1, 0.15) is 23.2 Å². The van der Waals surface area contributed by atoms with Crippen molar-refractivity contribution in [2.24, 2.45) is 0 Å². The lowest BCUT2D eigenvalue weighted by atomic mass is 10.1. The van der Waals surface area contributed by atoms with Gasteiger partial charge in [-0.05, 0) is 25.5 Å². The SMILES string of the molecule is O=C(N[C@H]1CCCNC1)c1cc(=O)[nH]c2ccccc12. The third-order valence-corrected chi connectivity index (χ3v) is 3.63. The molecule has 3 N–H and O–H groups in total. The third-order valence-electron chi connectivity index (χ3n) is 3.63. The molecule has 1 aliphatic heterocycles. The Labute approximate surface area is 116 Å². The molecule has 20 heavy (non-hydrogen) atoms. The molecule has 3 rings (SSSR count). The van der Waals surface area contributed by atoms with Gasteiger partial charge in [-0.15, -0.1) is 0 Å². The molecule has 0 spiro atoms. The van der Waals surface area contributed by atoms with Gasteiger partial charge >= 0.3 is 0 Å². The van der Waals surface area contributed by atoms with Crippen LogP contribution in [0.4, 0.5) is 0 Å². The molecule has 2 heterocycles. The number of rotatable bonds is 2. The van der Waals surface area contributed by atoms with Crippen LogP contribution in [0.15, 0.2) is 35.1 Å². The van der Waals surface area contributed by atoms with Gasteiger partial charge in [0.15, 0.2) is 0 Å². The lowest BCUT2D eigenvalue weighted by molar-refractivity contribution is 0.0932. The Balaban J connectivity index is 1.92. The summed E-state index contributed by atoms with van der Waals surface area (Å²) in [4.78, 5) is 26.8. The quantitative estimate of drug-likeness (QED) is 0.763. The van der Waals surface area contributed by atoms with Gasteiger partial charge in [-0.25, -0.2) is 0 Å². The number of piperidine rings is 1. The number of aromatic nitrogens is 1. The first-order chi connectivity index (χ1) is 9.74. The molecule has 5 heteroatoms. The molecule has 1 atom stereocenters. The van der Waals surface area contributed by atoms with Crippen molar-refractivity contribution in [3.63, 3.8) is 0 Å². The molecule has 104 valence electrons. The molecular weight excluding hydrogens is 254 g/mol. The monoisotopic (exact) mass is 271 g/mol. The van der Waals surface area contributed by atoms with Crippen LogP contribution in [0.3, 0.4) is 0 Å². The highest BCUT2D eigenvalue weighted by atomic mass is 16.2. The number of aromatic amines is 1. The average Bonchev–Trinajstić information content (AvgIpc) is 2.47. The maximum Gasteiger partial charge on any atom is 0.252 e. The number of hydrogen-bond acceptors (Lipinski definition) is 3. The summed E-state index contributed by atoms with van der Waals surface area (Å²) < 4.78 is 0. The fourth-order valence-corrected chi connectivity index (χ4v) is 2.63. The fourth-order valence-electron chi connectivity index (χ4n) is 2.63. The smallest absolute Gasteiger partial charge is 0.252 e. The summed E-state index contributed by atoms with van der Waals surface area (Å²) in [5, 5.41) is 7.03. The van der Waals surface area contributed by atoms with Crippen molar-refractivity contribution in [3.8, 4) is 0 Å². The van der Waals surface area contributed by atoms with Crippen LogP contribution in [0.5, 0.6) is 0 Å². The normalized spacial score (nSPS) is 18.9. The molecule has 1 aromatic heterocycles. The van der Waals surface area contributed by atoms with E-state index in [2.05, 4.69) is 15.6 Å². The van der Waals surface area contributed by atoms with Crippen molar-refractivity contribution >= 4 is 16.8 Å². The minimum Gasteiger partial charge on any atom is -0.348 e. The number of H-pyrrole nitrogens is 1. The van der Waals surface area contributed by atoms with Crippen molar-refractivity contribution in [1.29, 1.82) is 0 Å². The Bertz CT molecular complexity index is 687. The Hall–Kier alpha value is -2.14. The summed E-state index contributed by atoms with van der Waals surface area (Å²) in [5.74, 6) is -0.180. The number of benzene rings is 1. The van der Waals surface area contributed by atoms with Crippen LogP contribution >= 0.6 is 0 Å². The van der Waals surface area contributed by atoms with E-state index in [4.69, 9.17) is 0 Å². The lowest BCUT2D eigenvalue weighted by Gasteiger charge is -2.24. The van der Waals surface area contributed by atoms with E-state index in [0.29, 0.717) is 11.1 Å². The first kappa shape index (κ1) is 12.9. The minimum atomic E-state index is -0.254. The first-order valence-electron chi connectivity index (χ1n) is 6.88. The topological polar surface area (TPSA) is 74.0 Å². The summed E-state index contributed by atoms with van der Waals surface area (Å²) in [6, 6.07) is 8.85. The van der Waals surface area contributed by atoms with E-state index in [1.54, 1.807) is 6.07 Å². The molecule has 1 aliphatic rings. The number of carbonyl (C=O) groups excluding carboxylic acids is 1. The predicted octanol–water partition coefficient (Wildman–Crippen LogP) is 1.01. The number of carbonyl (C=O) groups is 1. The summed E-state index contributed by atoms with van der Waals surface area (Å²) in [6.07, 6.45) is 2.03. The van der Waals surface area contributed by atoms with Gasteiger partial charge in [0, 0.05) is 29.6 Å². The van der Waals surface area contributed by atoms with Crippen LogP contribution in [-0.2, 0) is 0 Å². The molecule has 1 saturated heterocycles. The van der Waals surface area contributed by atoms with Crippen molar-refractivity contribution < 1.29 is 4.79 Å². The molecule has 0 radical (unpaired) electrons. The Morgan fingerprint density at radius 1 is 1.30 bits per heavy atom. The van der Waals surface area contributed by atoms with Gasteiger partial charge in [-0.3, -0.25) is 9.59 Å². The van der Waals surface area contributed by atoms with E-state index in [1.807, 2.05) is 18.2 Å². The van der Waals surface area contributed by atoms with Crippen LogP contribution < -0.4 is 16.2 Å². The molecular formula is C15H17N3O2. The van der Waals surface area contributed by atoms with Crippen LogP contribution in [0, 0.1) is 0 Å². The second-order valence-corrected chi connectivity index (χ2v) is 5.11. The summed E-state index contributed by atoms with van der Waals surface area (Å²) >= 11 is 0. The largest absolute Gasteiger partial charge is 0.348 e. The van der Waals surface area contributed by atoms with Crippen LogP contribution in [-0.4, -0.2) is 30.0 Å². The maximum absolute atomic E-state index is 12.4. The zero-order chi connectivity index (χ0) is 13.9. The lowest BCUT2D eigenvalue weighted by Crippen LogP contribution is -2.45. The highest BCUT2D eigenvalue weighted by Crippen LogP contribution is 2.15. The molecule has 1 amide bonds. The van der Waals surface area contributed by atoms with Gasteiger partial charge in [0.05, 0.1) is 5.56 Å². The molecule has 0 unspecified atom stereocenters. The van der Waals surface area contributed by atoms with Crippen LogP contribution in [0.2, 0.25) is 0 Å². The second-order valence-electron chi connectivity index (χ2n) is 5.11. The standard InChI is InChI=1S/C15H17N3O2/c19-14-8-12(11-5-1-2-6-13(11)18-14)15(20)17-10-4-3-7-16-9-10/h1-2,5-6,8,10,16H,3-4,7,9H2,(H,17,20)(H,18,19)/t10-/m0/s1. The van der Waals surface area contributed by atoms with Crippen molar-refractivity contribution in [2.75, 3.05) is 13.1 Å². The number of fused-ring (bicyclic) bond motifs is 1. The van der Waals surface area contributed by atoms with E-state index in [1.165, 1.54) is 6.07 Å². The highest BCUT2D eigenvalue weighted by molar-refractivity contribution is 6.06. The highest BCUT2D eigenvalue weighted by Gasteiger charge is 2.18. The molecule has 1 fully saturated rings. The van der Waals surface area contributed by atoms with Gasteiger partial charge in [0.1, 0.15) is 0 Å². The molecule has 1 aromatic carbocycles. The van der Waals surface area contributed by atoms with Crippen molar-refractivity contribution in [2.45, 2.75) is 18.9 Å². The number of hydrogen-bond donors (Lipinski definition) is 3. The van der Waals surface area contributed by atoms with E-state index in [-0.39, 0.29) is 17.5 Å². The second kappa shape index (κ2) is 5.46. The van der Waals surface area contributed by atoms with E-state index >= 15 is 0 Å². The van der Waals surface area contributed by atoms with Gasteiger partial charge in [-0.1, -0.05) is 18.2 Å². The Morgan fingerprint density at radius 3 is 2.95 bits per heavy atom. The fraction of sp³-hybridized carbons (Fsp3) is 0.333. The zero-order valence-electron chi connectivity index (χ0n) is 11.1. The first-order valence-corrected chi connectivity index (χ1v) is 6.88. The predicted molar refractivity (Wildman–Crippen MR) is 77.9 cm³/mol. The van der Waals surface area contributed by atoms with Gasteiger partial charge in [0.25, 0.3) is 5.91 Å². The molecule has 2 aromatic rings. The maximum atomic E-state index is 12.4. The number of nitrogens with one attached hydrogen (secondary N) is 3.